The van der Waals surface area contributed by atoms with Gasteiger partial charge in [-0.2, -0.15) is 0 Å². The molecule has 0 heterocycles. The van der Waals surface area contributed by atoms with Gasteiger partial charge in [-0.05, 0) is 57.4 Å². The molecule has 9 heteroatoms. The molecule has 0 rings (SSSR count). The Bertz CT molecular complexity index is 989. The zero-order chi connectivity index (χ0) is 39.1. The summed E-state index contributed by atoms with van der Waals surface area (Å²) < 4.78 is 34.6. The summed E-state index contributed by atoms with van der Waals surface area (Å²) in [6, 6.07) is 0. The average Bonchev–Trinajstić information content (AvgIpc) is 3.11. The zero-order valence-corrected chi connectivity index (χ0v) is 35.9. The molecule has 1 unspecified atom stereocenters. The lowest BCUT2D eigenvalue weighted by molar-refractivity contribution is -0.870. The third-order valence-corrected chi connectivity index (χ3v) is 9.94. The molecule has 0 aliphatic rings. The molecule has 0 aromatic carbocycles. The van der Waals surface area contributed by atoms with Crippen LogP contribution < -0.4 is 0 Å². The first kappa shape index (κ1) is 51.3. The number of phosphoric ester groups is 1. The quantitative estimate of drug-likeness (QED) is 0.0166. The van der Waals surface area contributed by atoms with Gasteiger partial charge in [0.1, 0.15) is 19.8 Å². The molecule has 0 amide bonds. The number of carbonyl (C=O) groups excluding carboxylic acids is 1. The van der Waals surface area contributed by atoms with Crippen LogP contribution in [0, 0.1) is 0 Å². The lowest BCUT2D eigenvalue weighted by Gasteiger charge is -2.24. The van der Waals surface area contributed by atoms with E-state index in [4.69, 9.17) is 18.5 Å². The minimum Gasteiger partial charge on any atom is -0.498 e. The Hall–Kier alpha value is -1.70. The van der Waals surface area contributed by atoms with Crippen LogP contribution in [0.5, 0.6) is 0 Å². The largest absolute Gasteiger partial charge is 0.498 e. The lowest BCUT2D eigenvalue weighted by Crippen LogP contribution is -2.37. The molecule has 0 spiro atoms. The molecule has 0 saturated carbocycles. The van der Waals surface area contributed by atoms with Gasteiger partial charge >= 0.3 is 13.8 Å². The molecule has 8 nitrogen and oxygen atoms in total. The first-order valence-electron chi connectivity index (χ1n) is 21.4. The van der Waals surface area contributed by atoms with Crippen molar-refractivity contribution in [1.29, 1.82) is 0 Å². The molecule has 0 aliphatic heterocycles. The van der Waals surface area contributed by atoms with Crippen molar-refractivity contribution < 1.29 is 37.3 Å². The molecule has 0 saturated heterocycles. The van der Waals surface area contributed by atoms with E-state index in [2.05, 4.69) is 50.3 Å². The van der Waals surface area contributed by atoms with Crippen LogP contribution in [0.25, 0.3) is 0 Å². The normalized spacial score (nSPS) is 14.2. The Balaban J connectivity index is 4.40. The van der Waals surface area contributed by atoms with E-state index in [1.807, 2.05) is 27.2 Å². The molecule has 1 N–H and O–H groups in total. The maximum absolute atomic E-state index is 12.6. The van der Waals surface area contributed by atoms with Gasteiger partial charge in [0, 0.05) is 6.42 Å². The number of quaternary nitrogens is 1. The van der Waals surface area contributed by atoms with Gasteiger partial charge < -0.3 is 18.9 Å². The summed E-state index contributed by atoms with van der Waals surface area (Å²) in [4.78, 5) is 22.8. The first-order valence-corrected chi connectivity index (χ1v) is 22.9. The summed E-state index contributed by atoms with van der Waals surface area (Å²) in [6.45, 7) is 4.86. The van der Waals surface area contributed by atoms with Crippen LogP contribution in [0.4, 0.5) is 0 Å². The number of allylic oxidation sites excluding steroid dienone is 7. The number of phosphoric acid groups is 1. The van der Waals surface area contributed by atoms with Crippen LogP contribution in [0.2, 0.25) is 0 Å². The van der Waals surface area contributed by atoms with E-state index >= 15 is 0 Å². The number of unbranched alkanes of at least 4 members (excludes halogenated alkanes) is 19. The fourth-order valence-electron chi connectivity index (χ4n) is 5.59. The predicted octanol–water partition coefficient (Wildman–Crippen LogP) is 12.7. The predicted molar refractivity (Wildman–Crippen MR) is 224 cm³/mol. The summed E-state index contributed by atoms with van der Waals surface area (Å²) in [5.74, 6) is -0.387. The van der Waals surface area contributed by atoms with E-state index in [9.17, 15) is 14.3 Å². The monoisotopic (exact) mass is 769 g/mol. The third-order valence-electron chi connectivity index (χ3n) is 8.96. The Kier molecular flexibility index (Phi) is 36.0. The van der Waals surface area contributed by atoms with Gasteiger partial charge in [0.05, 0.1) is 34.0 Å². The standard InChI is InChI=1S/C44H82NO7P/c1-6-8-10-12-14-16-18-20-22-23-24-25-27-29-31-33-35-37-44(46)52-43(42-51-53(47,48)50-40-38-45(3,4)5)41-49-39-36-34-32-30-28-26-21-19-17-15-13-11-9-7-2/h20,22,24-25,29,31,36,39,43H,6-19,21,23,26-28,30,32-35,37-38,40-42H2,1-5H3/p+1/b22-20+,25-24+,31-29+,39-36+/t43-/m1/s1. The molecular formula is C44H83NO7P+. The Morgan fingerprint density at radius 2 is 1.06 bits per heavy atom. The smallest absolute Gasteiger partial charge is 0.472 e. The second kappa shape index (κ2) is 37.2. The van der Waals surface area contributed by atoms with Gasteiger partial charge in [0.15, 0.2) is 6.10 Å². The maximum atomic E-state index is 12.6. The summed E-state index contributed by atoms with van der Waals surface area (Å²) in [6.07, 6.45) is 45.3. The van der Waals surface area contributed by atoms with Crippen molar-refractivity contribution in [2.75, 3.05) is 47.5 Å². The van der Waals surface area contributed by atoms with E-state index in [1.54, 1.807) is 6.26 Å². The zero-order valence-electron chi connectivity index (χ0n) is 35.0. The first-order chi connectivity index (χ1) is 25.6. The second-order valence-corrected chi connectivity index (χ2v) is 16.9. The van der Waals surface area contributed by atoms with E-state index in [1.165, 1.54) is 116 Å². The van der Waals surface area contributed by atoms with Crippen molar-refractivity contribution >= 4 is 13.8 Å². The molecule has 0 aromatic rings. The Labute approximate surface area is 327 Å². The number of carbonyl (C=O) groups is 1. The number of likely N-dealkylation sites (N-methyl/N-ethyl adjacent to an activating group) is 1. The molecule has 310 valence electrons. The van der Waals surface area contributed by atoms with E-state index < -0.39 is 13.9 Å². The molecular weight excluding hydrogens is 685 g/mol. The molecule has 0 bridgehead atoms. The minimum absolute atomic E-state index is 0.0278. The van der Waals surface area contributed by atoms with Gasteiger partial charge in [-0.25, -0.2) is 4.57 Å². The summed E-state index contributed by atoms with van der Waals surface area (Å²) in [5.41, 5.74) is 0. The van der Waals surface area contributed by atoms with Crippen LogP contribution in [0.15, 0.2) is 48.8 Å². The highest BCUT2D eigenvalue weighted by molar-refractivity contribution is 7.47. The van der Waals surface area contributed by atoms with Crippen molar-refractivity contribution in [2.24, 2.45) is 0 Å². The van der Waals surface area contributed by atoms with E-state index in [0.29, 0.717) is 17.4 Å². The van der Waals surface area contributed by atoms with Crippen molar-refractivity contribution in [3.05, 3.63) is 48.8 Å². The van der Waals surface area contributed by atoms with Crippen LogP contribution in [-0.4, -0.2) is 69.0 Å². The molecule has 0 aliphatic carbocycles. The summed E-state index contributed by atoms with van der Waals surface area (Å²) >= 11 is 0. The number of nitrogens with zero attached hydrogens (tertiary/aromatic N) is 1. The second-order valence-electron chi connectivity index (χ2n) is 15.4. The summed E-state index contributed by atoms with van der Waals surface area (Å²) in [7, 11) is 1.60. The average molecular weight is 769 g/mol. The summed E-state index contributed by atoms with van der Waals surface area (Å²) in [5, 5.41) is 0. The highest BCUT2D eigenvalue weighted by Gasteiger charge is 2.26. The molecule has 2 atom stereocenters. The number of rotatable bonds is 39. The van der Waals surface area contributed by atoms with Gasteiger partial charge in [-0.1, -0.05) is 153 Å². The van der Waals surface area contributed by atoms with Crippen LogP contribution in [-0.2, 0) is 27.9 Å². The highest BCUT2D eigenvalue weighted by Crippen LogP contribution is 2.43. The van der Waals surface area contributed by atoms with Crippen molar-refractivity contribution in [2.45, 2.75) is 180 Å². The molecule has 0 fully saturated rings. The van der Waals surface area contributed by atoms with Crippen molar-refractivity contribution in [3.8, 4) is 0 Å². The van der Waals surface area contributed by atoms with Crippen molar-refractivity contribution in [3.63, 3.8) is 0 Å². The number of hydrogen-bond donors (Lipinski definition) is 1. The van der Waals surface area contributed by atoms with E-state index in [-0.39, 0.29) is 32.2 Å². The topological polar surface area (TPSA) is 91.3 Å². The van der Waals surface area contributed by atoms with Crippen LogP contribution in [0.1, 0.15) is 174 Å². The molecule has 0 radical (unpaired) electrons. The van der Waals surface area contributed by atoms with E-state index in [0.717, 1.165) is 32.1 Å². The number of esters is 1. The minimum atomic E-state index is -4.30. The Morgan fingerprint density at radius 3 is 1.57 bits per heavy atom. The van der Waals surface area contributed by atoms with Gasteiger partial charge in [0.2, 0.25) is 0 Å². The van der Waals surface area contributed by atoms with Crippen LogP contribution in [0.3, 0.4) is 0 Å². The third kappa shape index (κ3) is 41.3. The van der Waals surface area contributed by atoms with Gasteiger partial charge in [-0.3, -0.25) is 13.8 Å². The van der Waals surface area contributed by atoms with Gasteiger partial charge in [-0.15, -0.1) is 0 Å². The highest BCUT2D eigenvalue weighted by atomic mass is 31.2. The van der Waals surface area contributed by atoms with Gasteiger partial charge in [0.25, 0.3) is 0 Å². The lowest BCUT2D eigenvalue weighted by atomic mass is 10.0. The number of ether oxygens (including phenoxy) is 2. The fraction of sp³-hybridized carbons (Fsp3) is 0.795. The van der Waals surface area contributed by atoms with Crippen molar-refractivity contribution in [1.82, 2.24) is 0 Å². The fourth-order valence-corrected chi connectivity index (χ4v) is 6.33. The molecule has 0 aromatic heterocycles. The number of hydrogen-bond acceptors (Lipinski definition) is 6. The SMILES string of the molecule is CCCCCCCC/C=C/C/C=C/C/C=C/CCCC(=O)O[C@H](CO/C=C/CCCCCCCCCCCCCC)COP(=O)(O)OCC[N+](C)(C)C. The van der Waals surface area contributed by atoms with Crippen LogP contribution >= 0.6 is 7.82 Å². The maximum Gasteiger partial charge on any atom is 0.472 e. The molecule has 53 heavy (non-hydrogen) atoms. The Morgan fingerprint density at radius 1 is 0.604 bits per heavy atom.